The molecule has 0 N–H and O–H groups in total. The summed E-state index contributed by atoms with van der Waals surface area (Å²) in [5, 5.41) is 0. The van der Waals surface area contributed by atoms with Gasteiger partial charge in [0.05, 0.1) is 5.60 Å². The molecule has 0 aliphatic rings. The number of hydrogen-bond donors (Lipinski definition) is 0. The molecule has 5 heteroatoms. The summed E-state index contributed by atoms with van der Waals surface area (Å²) >= 11 is 0. The van der Waals surface area contributed by atoms with E-state index in [1.165, 1.54) is 70.6 Å². The van der Waals surface area contributed by atoms with E-state index in [4.69, 9.17) is 4.43 Å². The lowest BCUT2D eigenvalue weighted by molar-refractivity contribution is 0.0830. The molecule has 0 aliphatic carbocycles. The van der Waals surface area contributed by atoms with E-state index in [-0.39, 0.29) is 5.60 Å². The van der Waals surface area contributed by atoms with Crippen LogP contribution in [0.4, 0.5) is 0 Å². The molecule has 0 aromatic heterocycles. The molecular weight excluding hydrogens is 410 g/mol. The van der Waals surface area contributed by atoms with Gasteiger partial charge in [-0.25, -0.2) is 0 Å². The van der Waals surface area contributed by atoms with E-state index in [1.54, 1.807) is 0 Å². The maximum atomic E-state index is 6.52. The fourth-order valence-corrected chi connectivity index (χ4v) is 6.56. The second kappa shape index (κ2) is 18.4. The van der Waals surface area contributed by atoms with Crippen molar-refractivity contribution in [1.29, 1.82) is 0 Å². The average molecular weight is 472 g/mol. The number of nitrogens with zero attached hydrogens (tertiary/aromatic N) is 3. The van der Waals surface area contributed by atoms with E-state index in [1.807, 2.05) is 0 Å². The van der Waals surface area contributed by atoms with Gasteiger partial charge in [0.15, 0.2) is 9.76 Å². The molecule has 0 atom stereocenters. The van der Waals surface area contributed by atoms with Gasteiger partial charge in [-0.1, -0.05) is 34.6 Å². The van der Waals surface area contributed by atoms with Crippen LogP contribution in [0.1, 0.15) is 99.3 Å². The Morgan fingerprint density at radius 2 is 1.00 bits per heavy atom. The Kier molecular flexibility index (Phi) is 18.4. The van der Waals surface area contributed by atoms with Crippen LogP contribution in [0, 0.1) is 5.41 Å². The maximum Gasteiger partial charge on any atom is 0.162 e. The van der Waals surface area contributed by atoms with Crippen molar-refractivity contribution in [1.82, 2.24) is 14.7 Å². The molecule has 0 aliphatic heterocycles. The highest BCUT2D eigenvalue weighted by Crippen LogP contribution is 2.40. The van der Waals surface area contributed by atoms with E-state index in [2.05, 4.69) is 77.4 Å². The molecule has 0 radical (unpaired) electrons. The van der Waals surface area contributed by atoms with Crippen molar-refractivity contribution in [3.05, 3.63) is 0 Å². The van der Waals surface area contributed by atoms with Gasteiger partial charge in [-0.15, -0.1) is 0 Å². The fraction of sp³-hybridized carbons (Fsp3) is 1.00. The fourth-order valence-electron chi connectivity index (χ4n) is 4.62. The molecule has 0 saturated carbocycles. The predicted octanol–water partition coefficient (Wildman–Crippen LogP) is 5.66. The molecule has 32 heavy (non-hydrogen) atoms. The zero-order chi connectivity index (χ0) is 24.5. The summed E-state index contributed by atoms with van der Waals surface area (Å²) in [4.78, 5) is 7.44. The lowest BCUT2D eigenvalue weighted by Crippen LogP contribution is -2.31. The van der Waals surface area contributed by atoms with Crippen LogP contribution in [0.25, 0.3) is 0 Å². The van der Waals surface area contributed by atoms with Crippen molar-refractivity contribution in [3.8, 4) is 0 Å². The first-order chi connectivity index (χ1) is 15.2. The molecular formula is C27H61N3OSi. The van der Waals surface area contributed by atoms with Crippen molar-refractivity contribution >= 4 is 9.76 Å². The van der Waals surface area contributed by atoms with Gasteiger partial charge in [-0.3, -0.25) is 0 Å². The lowest BCUT2D eigenvalue weighted by Gasteiger charge is -2.37. The minimum atomic E-state index is -0.456. The topological polar surface area (TPSA) is 19.0 Å². The Bertz CT molecular complexity index is 390. The zero-order valence-corrected chi connectivity index (χ0v) is 25.2. The minimum Gasteiger partial charge on any atom is -0.419 e. The molecule has 0 unspecified atom stereocenters. The van der Waals surface area contributed by atoms with Crippen LogP contribution in [0.5, 0.6) is 0 Å². The van der Waals surface area contributed by atoms with Crippen LogP contribution in [-0.2, 0) is 4.43 Å². The van der Waals surface area contributed by atoms with Crippen molar-refractivity contribution < 1.29 is 4.43 Å². The van der Waals surface area contributed by atoms with Crippen LogP contribution >= 0.6 is 0 Å². The first-order valence-electron chi connectivity index (χ1n) is 13.9. The van der Waals surface area contributed by atoms with Gasteiger partial charge in [0.1, 0.15) is 0 Å². The maximum absolute atomic E-state index is 6.52. The molecule has 0 amide bonds. The van der Waals surface area contributed by atoms with Gasteiger partial charge >= 0.3 is 0 Å². The number of hydrogen-bond acceptors (Lipinski definition) is 4. The van der Waals surface area contributed by atoms with Gasteiger partial charge in [-0.05, 0) is 137 Å². The molecule has 0 saturated heterocycles. The summed E-state index contributed by atoms with van der Waals surface area (Å²) in [6.45, 7) is 20.9. The molecule has 4 nitrogen and oxygen atoms in total. The molecule has 0 aromatic rings. The van der Waals surface area contributed by atoms with Crippen LogP contribution in [0.3, 0.4) is 0 Å². The highest BCUT2D eigenvalue weighted by Gasteiger charge is 2.29. The smallest absolute Gasteiger partial charge is 0.162 e. The van der Waals surface area contributed by atoms with Crippen molar-refractivity contribution in [3.63, 3.8) is 0 Å². The van der Waals surface area contributed by atoms with E-state index in [9.17, 15) is 0 Å². The second-order valence-corrected chi connectivity index (χ2v) is 12.0. The summed E-state index contributed by atoms with van der Waals surface area (Å²) in [6, 6.07) is 1.34. The Labute approximate surface area is 205 Å². The van der Waals surface area contributed by atoms with Gasteiger partial charge in [-0.2, -0.15) is 0 Å². The van der Waals surface area contributed by atoms with Gasteiger partial charge < -0.3 is 19.1 Å². The van der Waals surface area contributed by atoms with Crippen LogP contribution in [0.2, 0.25) is 6.04 Å². The molecule has 0 spiro atoms. The predicted molar refractivity (Wildman–Crippen MR) is 148 cm³/mol. The average Bonchev–Trinajstić information content (AvgIpc) is 2.81. The largest absolute Gasteiger partial charge is 0.419 e. The first kappa shape index (κ1) is 32.1. The third-order valence-corrected chi connectivity index (χ3v) is 9.70. The standard InChI is InChI=1S/C27H61N3OSi/c1-10-26(6,11-2)31-32-25-21-27(18-15-22-28(7)12-3,19-16-23-29(8)13-4)20-17-24-30(9)14-5/h10-25,32H2,1-9H3. The third kappa shape index (κ3) is 14.3. The number of rotatable bonds is 22. The summed E-state index contributed by atoms with van der Waals surface area (Å²) in [6.07, 6.45) is 11.8. The van der Waals surface area contributed by atoms with Crippen molar-refractivity contribution in [2.24, 2.45) is 5.41 Å². The lowest BCUT2D eigenvalue weighted by atomic mass is 9.73. The quantitative estimate of drug-likeness (QED) is 0.150. The van der Waals surface area contributed by atoms with Gasteiger partial charge in [0.25, 0.3) is 0 Å². The summed E-state index contributed by atoms with van der Waals surface area (Å²) in [5.74, 6) is 0. The Morgan fingerprint density at radius 3 is 1.31 bits per heavy atom. The zero-order valence-electron chi connectivity index (χ0n) is 23.8. The highest BCUT2D eigenvalue weighted by molar-refractivity contribution is 6.27. The minimum absolute atomic E-state index is 0.117. The van der Waals surface area contributed by atoms with Crippen molar-refractivity contribution in [2.75, 3.05) is 60.4 Å². The normalized spacial score (nSPS) is 13.5. The van der Waals surface area contributed by atoms with E-state index in [0.29, 0.717) is 5.41 Å². The van der Waals surface area contributed by atoms with Crippen LogP contribution < -0.4 is 0 Å². The molecule has 194 valence electrons. The van der Waals surface area contributed by atoms with Crippen LogP contribution in [0.15, 0.2) is 0 Å². The summed E-state index contributed by atoms with van der Waals surface area (Å²) < 4.78 is 6.52. The third-order valence-electron chi connectivity index (χ3n) is 8.16. The van der Waals surface area contributed by atoms with E-state index < -0.39 is 9.76 Å². The highest BCUT2D eigenvalue weighted by atomic mass is 28.2. The molecule has 0 aromatic carbocycles. The van der Waals surface area contributed by atoms with Gasteiger partial charge in [0, 0.05) is 0 Å². The summed E-state index contributed by atoms with van der Waals surface area (Å²) in [5.41, 5.74) is 0.620. The van der Waals surface area contributed by atoms with Crippen molar-refractivity contribution in [2.45, 2.75) is 111 Å². The van der Waals surface area contributed by atoms with Gasteiger partial charge in [0.2, 0.25) is 0 Å². The Hall–Kier alpha value is 0.0569. The van der Waals surface area contributed by atoms with E-state index in [0.717, 1.165) is 32.5 Å². The molecule has 0 heterocycles. The Morgan fingerprint density at radius 1 is 0.625 bits per heavy atom. The SMILES string of the molecule is CCN(C)CCCC(CCCN(C)CC)(CCCN(C)CC)CC[SiH2]OC(C)(CC)CC. The second-order valence-electron chi connectivity index (χ2n) is 10.6. The Balaban J connectivity index is 5.18. The van der Waals surface area contributed by atoms with Crippen LogP contribution in [-0.4, -0.2) is 90.5 Å². The first-order valence-corrected chi connectivity index (χ1v) is 15.5. The summed E-state index contributed by atoms with van der Waals surface area (Å²) in [7, 11) is 6.35. The molecule has 0 rings (SSSR count). The monoisotopic (exact) mass is 471 g/mol. The molecule has 0 bridgehead atoms. The molecule has 0 fully saturated rings. The van der Waals surface area contributed by atoms with E-state index >= 15 is 0 Å².